The molecule has 0 spiro atoms. The van der Waals surface area contributed by atoms with Crippen LogP contribution in [0.1, 0.15) is 29.6 Å². The van der Waals surface area contributed by atoms with Gasteiger partial charge in [0.1, 0.15) is 0 Å². The summed E-state index contributed by atoms with van der Waals surface area (Å²) in [5.41, 5.74) is 1.14. The Balaban J connectivity index is 1.71. The van der Waals surface area contributed by atoms with Crippen LogP contribution in [0.4, 0.5) is 5.69 Å². The van der Waals surface area contributed by atoms with Gasteiger partial charge in [-0.1, -0.05) is 0 Å². The number of fused-ring (bicyclic) bond motifs is 1. The SMILES string of the molecule is O=C(O)c1c[nH]c2cc(NS(=O)(=O)CCC3CCCO3)ccc12. The number of hydrogen-bond donors (Lipinski definition) is 3. The van der Waals surface area contributed by atoms with Gasteiger partial charge in [0.15, 0.2) is 0 Å². The molecular weight excluding hydrogens is 320 g/mol. The Kier molecular flexibility index (Phi) is 4.27. The molecule has 0 aliphatic carbocycles. The van der Waals surface area contributed by atoms with Crippen LogP contribution >= 0.6 is 0 Å². The summed E-state index contributed by atoms with van der Waals surface area (Å²) in [7, 11) is -3.46. The first-order valence-corrected chi connectivity index (χ1v) is 9.06. The Hall–Kier alpha value is -2.06. The molecule has 2 heterocycles. The standard InChI is InChI=1S/C15H18N2O5S/c18-15(19)13-9-16-14-8-10(3-4-12(13)14)17-23(20,21)7-5-11-2-1-6-22-11/h3-4,8-9,11,16-17H,1-2,5-7H2,(H,18,19). The van der Waals surface area contributed by atoms with Gasteiger partial charge in [0.2, 0.25) is 10.0 Å². The number of carbonyl (C=O) groups is 1. The summed E-state index contributed by atoms with van der Waals surface area (Å²) in [5, 5.41) is 9.60. The van der Waals surface area contributed by atoms with Crippen molar-refractivity contribution in [1.82, 2.24) is 4.98 Å². The molecule has 0 radical (unpaired) electrons. The van der Waals surface area contributed by atoms with Crippen molar-refractivity contribution in [3.8, 4) is 0 Å². The third kappa shape index (κ3) is 3.65. The van der Waals surface area contributed by atoms with Crippen LogP contribution in [0, 0.1) is 0 Å². The number of sulfonamides is 1. The van der Waals surface area contributed by atoms with Crippen molar-refractivity contribution in [2.75, 3.05) is 17.1 Å². The molecule has 1 fully saturated rings. The molecule has 1 aromatic carbocycles. The summed E-state index contributed by atoms with van der Waals surface area (Å²) in [6.07, 6.45) is 3.78. The van der Waals surface area contributed by atoms with E-state index < -0.39 is 16.0 Å². The van der Waals surface area contributed by atoms with Gasteiger partial charge in [-0.25, -0.2) is 13.2 Å². The van der Waals surface area contributed by atoms with E-state index in [1.807, 2.05) is 0 Å². The average molecular weight is 338 g/mol. The Morgan fingerprint density at radius 1 is 1.43 bits per heavy atom. The minimum atomic E-state index is -3.46. The van der Waals surface area contributed by atoms with Crippen molar-refractivity contribution >= 4 is 32.6 Å². The molecule has 0 amide bonds. The number of aromatic nitrogens is 1. The molecule has 23 heavy (non-hydrogen) atoms. The molecule has 2 aromatic rings. The highest BCUT2D eigenvalue weighted by molar-refractivity contribution is 7.92. The predicted octanol–water partition coefficient (Wildman–Crippen LogP) is 2.18. The molecule has 7 nitrogen and oxygen atoms in total. The number of ether oxygens (including phenoxy) is 1. The molecule has 1 aliphatic rings. The summed E-state index contributed by atoms with van der Waals surface area (Å²) < 4.78 is 32.2. The highest BCUT2D eigenvalue weighted by Gasteiger charge is 2.20. The minimum absolute atomic E-state index is 0.000800. The van der Waals surface area contributed by atoms with Crippen LogP contribution < -0.4 is 4.72 Å². The number of H-pyrrole nitrogens is 1. The van der Waals surface area contributed by atoms with E-state index in [0.717, 1.165) is 12.8 Å². The lowest BCUT2D eigenvalue weighted by Gasteiger charge is -2.11. The minimum Gasteiger partial charge on any atom is -0.478 e. The first kappa shape index (κ1) is 15.8. The monoisotopic (exact) mass is 338 g/mol. The quantitative estimate of drug-likeness (QED) is 0.748. The van der Waals surface area contributed by atoms with Gasteiger partial charge >= 0.3 is 5.97 Å². The Labute approximate surface area is 133 Å². The van der Waals surface area contributed by atoms with Crippen LogP contribution in [0.25, 0.3) is 10.9 Å². The van der Waals surface area contributed by atoms with Gasteiger partial charge in [0, 0.05) is 23.7 Å². The van der Waals surface area contributed by atoms with Crippen molar-refractivity contribution < 1.29 is 23.1 Å². The smallest absolute Gasteiger partial charge is 0.337 e. The first-order chi connectivity index (χ1) is 10.9. The average Bonchev–Trinajstić information content (AvgIpc) is 3.13. The van der Waals surface area contributed by atoms with Gasteiger partial charge in [-0.15, -0.1) is 0 Å². The first-order valence-electron chi connectivity index (χ1n) is 7.41. The van der Waals surface area contributed by atoms with E-state index in [2.05, 4.69) is 9.71 Å². The van der Waals surface area contributed by atoms with Crippen molar-refractivity contribution in [1.29, 1.82) is 0 Å². The number of nitrogens with one attached hydrogen (secondary N) is 2. The molecule has 1 atom stereocenters. The van der Waals surface area contributed by atoms with Crippen molar-refractivity contribution in [2.45, 2.75) is 25.4 Å². The zero-order chi connectivity index (χ0) is 16.4. The van der Waals surface area contributed by atoms with Crippen molar-refractivity contribution in [2.24, 2.45) is 0 Å². The van der Waals surface area contributed by atoms with Crippen LogP contribution in [0.15, 0.2) is 24.4 Å². The van der Waals surface area contributed by atoms with Gasteiger partial charge in [0.05, 0.1) is 23.1 Å². The fourth-order valence-electron chi connectivity index (χ4n) is 2.76. The van der Waals surface area contributed by atoms with Crippen molar-refractivity contribution in [3.63, 3.8) is 0 Å². The molecule has 1 saturated heterocycles. The number of carboxylic acids is 1. The fourth-order valence-corrected chi connectivity index (χ4v) is 3.92. The van der Waals surface area contributed by atoms with E-state index in [9.17, 15) is 13.2 Å². The summed E-state index contributed by atoms with van der Waals surface area (Å²) in [4.78, 5) is 13.9. The van der Waals surface area contributed by atoms with E-state index in [1.54, 1.807) is 18.2 Å². The number of aromatic amines is 1. The number of carboxylic acid groups (broad SMARTS) is 1. The van der Waals surface area contributed by atoms with Gasteiger partial charge in [-0.3, -0.25) is 4.72 Å². The highest BCUT2D eigenvalue weighted by atomic mass is 32.2. The number of benzene rings is 1. The summed E-state index contributed by atoms with van der Waals surface area (Å²) >= 11 is 0. The largest absolute Gasteiger partial charge is 0.478 e. The number of aromatic carboxylic acids is 1. The molecule has 8 heteroatoms. The maximum Gasteiger partial charge on any atom is 0.337 e. The molecule has 1 aliphatic heterocycles. The van der Waals surface area contributed by atoms with Gasteiger partial charge in [0.25, 0.3) is 0 Å². The molecule has 1 unspecified atom stereocenters. The van der Waals surface area contributed by atoms with Crippen LogP contribution in [0.2, 0.25) is 0 Å². The number of rotatable bonds is 6. The summed E-state index contributed by atoms with van der Waals surface area (Å²) in [6.45, 7) is 0.702. The van der Waals surface area contributed by atoms with Gasteiger partial charge in [-0.2, -0.15) is 0 Å². The highest BCUT2D eigenvalue weighted by Crippen LogP contribution is 2.23. The van der Waals surface area contributed by atoms with Crippen LogP contribution in [0.3, 0.4) is 0 Å². The second-order valence-electron chi connectivity index (χ2n) is 5.61. The topological polar surface area (TPSA) is 108 Å². The second kappa shape index (κ2) is 6.21. The maximum atomic E-state index is 12.1. The molecule has 3 rings (SSSR count). The summed E-state index contributed by atoms with van der Waals surface area (Å²) in [5.74, 6) is -1.03. The fraction of sp³-hybridized carbons (Fsp3) is 0.400. The van der Waals surface area contributed by atoms with Crippen molar-refractivity contribution in [3.05, 3.63) is 30.0 Å². The molecule has 0 saturated carbocycles. The molecule has 3 N–H and O–H groups in total. The molecule has 124 valence electrons. The molecule has 1 aromatic heterocycles. The normalized spacial score (nSPS) is 18.3. The Morgan fingerprint density at radius 2 is 2.26 bits per heavy atom. The molecule has 0 bridgehead atoms. The third-order valence-electron chi connectivity index (χ3n) is 3.92. The van der Waals surface area contributed by atoms with E-state index in [1.165, 1.54) is 6.20 Å². The zero-order valence-electron chi connectivity index (χ0n) is 12.4. The van der Waals surface area contributed by atoms with E-state index >= 15 is 0 Å². The second-order valence-corrected chi connectivity index (χ2v) is 7.45. The lowest BCUT2D eigenvalue weighted by Crippen LogP contribution is -2.20. The number of hydrogen-bond acceptors (Lipinski definition) is 4. The van der Waals surface area contributed by atoms with Crippen LogP contribution in [0.5, 0.6) is 0 Å². The lowest BCUT2D eigenvalue weighted by molar-refractivity contribution is 0.0699. The van der Waals surface area contributed by atoms with Gasteiger partial charge < -0.3 is 14.8 Å². The zero-order valence-corrected chi connectivity index (χ0v) is 13.2. The van der Waals surface area contributed by atoms with E-state index in [4.69, 9.17) is 9.84 Å². The predicted molar refractivity (Wildman–Crippen MR) is 86.3 cm³/mol. The van der Waals surface area contributed by atoms with Crippen LogP contribution in [-0.2, 0) is 14.8 Å². The molecular formula is C15H18N2O5S. The number of anilines is 1. The Morgan fingerprint density at radius 3 is 2.96 bits per heavy atom. The lowest BCUT2D eigenvalue weighted by atomic mass is 10.1. The Bertz CT molecular complexity index is 822. The summed E-state index contributed by atoms with van der Waals surface area (Å²) in [6, 6.07) is 4.74. The maximum absolute atomic E-state index is 12.1. The van der Waals surface area contributed by atoms with Gasteiger partial charge in [-0.05, 0) is 37.5 Å². The van der Waals surface area contributed by atoms with E-state index in [0.29, 0.717) is 29.6 Å². The van der Waals surface area contributed by atoms with E-state index in [-0.39, 0.29) is 17.4 Å². The van der Waals surface area contributed by atoms with Crippen LogP contribution in [-0.4, -0.2) is 42.9 Å². The third-order valence-corrected chi connectivity index (χ3v) is 5.24.